The molecule has 3 rings (SSSR count). The number of amides is 2. The van der Waals surface area contributed by atoms with Crippen molar-refractivity contribution >= 4 is 23.3 Å². The minimum Gasteiger partial charge on any atom is -0.368 e. The number of urea groups is 1. The Morgan fingerprint density at radius 2 is 1.72 bits per heavy atom. The van der Waals surface area contributed by atoms with E-state index in [2.05, 4.69) is 54.4 Å². The first-order chi connectivity index (χ1) is 12.0. The van der Waals surface area contributed by atoms with E-state index < -0.39 is 0 Å². The van der Waals surface area contributed by atoms with Gasteiger partial charge in [-0.05, 0) is 43.2 Å². The van der Waals surface area contributed by atoms with E-state index in [0.29, 0.717) is 6.54 Å². The standard InChI is InChI=1S/C20H24ClN3O/c1-15-3-5-17(6-4-15)14-22-20(25)24-11-9-23(10-12-24)19-8-7-18(21)13-16(19)2/h3-8,13H,9-12,14H2,1-2H3,(H,22,25). The molecule has 5 heteroatoms. The summed E-state index contributed by atoms with van der Waals surface area (Å²) in [5, 5.41) is 3.77. The molecule has 132 valence electrons. The van der Waals surface area contributed by atoms with E-state index in [9.17, 15) is 4.79 Å². The molecule has 0 atom stereocenters. The van der Waals surface area contributed by atoms with E-state index in [1.807, 2.05) is 17.0 Å². The van der Waals surface area contributed by atoms with E-state index in [1.165, 1.54) is 16.8 Å². The second-order valence-corrected chi connectivity index (χ2v) is 6.99. The summed E-state index contributed by atoms with van der Waals surface area (Å²) in [6, 6.07) is 14.2. The fourth-order valence-electron chi connectivity index (χ4n) is 3.12. The molecular weight excluding hydrogens is 334 g/mol. The van der Waals surface area contributed by atoms with E-state index in [0.717, 1.165) is 36.8 Å². The lowest BCUT2D eigenvalue weighted by Gasteiger charge is -2.36. The van der Waals surface area contributed by atoms with Crippen LogP contribution in [0.15, 0.2) is 42.5 Å². The molecule has 2 aromatic carbocycles. The Morgan fingerprint density at radius 3 is 2.36 bits per heavy atom. The van der Waals surface area contributed by atoms with Gasteiger partial charge in [0.1, 0.15) is 0 Å². The maximum Gasteiger partial charge on any atom is 0.317 e. The molecular formula is C20H24ClN3O. The number of benzene rings is 2. The van der Waals surface area contributed by atoms with Crippen LogP contribution >= 0.6 is 11.6 Å². The minimum atomic E-state index is 0.00746. The second-order valence-electron chi connectivity index (χ2n) is 6.55. The summed E-state index contributed by atoms with van der Waals surface area (Å²) in [4.78, 5) is 16.6. The van der Waals surface area contributed by atoms with Gasteiger partial charge < -0.3 is 15.1 Å². The second kappa shape index (κ2) is 7.79. The monoisotopic (exact) mass is 357 g/mol. The van der Waals surface area contributed by atoms with Crippen molar-refractivity contribution in [2.45, 2.75) is 20.4 Å². The smallest absolute Gasteiger partial charge is 0.317 e. The summed E-state index contributed by atoms with van der Waals surface area (Å²) >= 11 is 6.03. The first-order valence-electron chi connectivity index (χ1n) is 8.62. The van der Waals surface area contributed by atoms with Gasteiger partial charge in [-0.25, -0.2) is 4.79 Å². The third kappa shape index (κ3) is 4.45. The van der Waals surface area contributed by atoms with Gasteiger partial charge in [-0.15, -0.1) is 0 Å². The molecule has 0 saturated carbocycles. The first kappa shape index (κ1) is 17.6. The highest BCUT2D eigenvalue weighted by atomic mass is 35.5. The Hall–Kier alpha value is -2.20. The average molecular weight is 358 g/mol. The topological polar surface area (TPSA) is 35.6 Å². The molecule has 1 N–H and O–H groups in total. The molecule has 0 aromatic heterocycles. The van der Waals surface area contributed by atoms with Crippen LogP contribution in [0.4, 0.5) is 10.5 Å². The fourth-order valence-corrected chi connectivity index (χ4v) is 3.35. The number of hydrogen-bond acceptors (Lipinski definition) is 2. The molecule has 0 aliphatic carbocycles. The third-order valence-corrected chi connectivity index (χ3v) is 4.87. The van der Waals surface area contributed by atoms with E-state index in [1.54, 1.807) is 0 Å². The highest BCUT2D eigenvalue weighted by molar-refractivity contribution is 6.30. The summed E-state index contributed by atoms with van der Waals surface area (Å²) in [6.07, 6.45) is 0. The Morgan fingerprint density at radius 1 is 1.04 bits per heavy atom. The zero-order chi connectivity index (χ0) is 17.8. The van der Waals surface area contributed by atoms with Gasteiger partial charge in [0, 0.05) is 43.4 Å². The first-order valence-corrected chi connectivity index (χ1v) is 9.00. The molecule has 0 spiro atoms. The van der Waals surface area contributed by atoms with Gasteiger partial charge >= 0.3 is 6.03 Å². The Balaban J connectivity index is 1.51. The highest BCUT2D eigenvalue weighted by Crippen LogP contribution is 2.24. The van der Waals surface area contributed by atoms with Crippen LogP contribution in [0.3, 0.4) is 0 Å². The lowest BCUT2D eigenvalue weighted by molar-refractivity contribution is 0.194. The van der Waals surface area contributed by atoms with Crippen molar-refractivity contribution in [3.8, 4) is 0 Å². The molecule has 0 bridgehead atoms. The molecule has 0 unspecified atom stereocenters. The van der Waals surface area contributed by atoms with Crippen LogP contribution in [-0.2, 0) is 6.54 Å². The maximum atomic E-state index is 12.4. The van der Waals surface area contributed by atoms with Crippen molar-refractivity contribution in [3.05, 3.63) is 64.2 Å². The number of anilines is 1. The van der Waals surface area contributed by atoms with Crippen LogP contribution in [0.25, 0.3) is 0 Å². The predicted octanol–water partition coefficient (Wildman–Crippen LogP) is 3.99. The molecule has 0 radical (unpaired) electrons. The van der Waals surface area contributed by atoms with Gasteiger partial charge in [-0.2, -0.15) is 0 Å². The summed E-state index contributed by atoms with van der Waals surface area (Å²) < 4.78 is 0. The van der Waals surface area contributed by atoms with Gasteiger partial charge in [0.25, 0.3) is 0 Å². The fraction of sp³-hybridized carbons (Fsp3) is 0.350. The zero-order valence-electron chi connectivity index (χ0n) is 14.8. The molecule has 1 heterocycles. The zero-order valence-corrected chi connectivity index (χ0v) is 15.5. The largest absolute Gasteiger partial charge is 0.368 e. The lowest BCUT2D eigenvalue weighted by Crippen LogP contribution is -2.51. The number of piperazine rings is 1. The third-order valence-electron chi connectivity index (χ3n) is 4.63. The Kier molecular flexibility index (Phi) is 5.49. The normalized spacial score (nSPS) is 14.5. The number of carbonyl (C=O) groups excluding carboxylic acids is 1. The number of nitrogens with zero attached hydrogens (tertiary/aromatic N) is 2. The van der Waals surface area contributed by atoms with Crippen molar-refractivity contribution in [2.75, 3.05) is 31.1 Å². The van der Waals surface area contributed by atoms with Crippen LogP contribution in [0.1, 0.15) is 16.7 Å². The number of hydrogen-bond donors (Lipinski definition) is 1. The van der Waals surface area contributed by atoms with Gasteiger partial charge in [-0.3, -0.25) is 0 Å². The molecule has 1 fully saturated rings. The molecule has 2 aromatic rings. The maximum absolute atomic E-state index is 12.4. The van der Waals surface area contributed by atoms with Crippen molar-refractivity contribution in [1.82, 2.24) is 10.2 Å². The molecule has 2 amide bonds. The van der Waals surface area contributed by atoms with Crippen molar-refractivity contribution in [1.29, 1.82) is 0 Å². The molecule has 1 saturated heterocycles. The van der Waals surface area contributed by atoms with Crippen molar-refractivity contribution in [3.63, 3.8) is 0 Å². The average Bonchev–Trinajstić information content (AvgIpc) is 2.61. The predicted molar refractivity (Wildman–Crippen MR) is 103 cm³/mol. The summed E-state index contributed by atoms with van der Waals surface area (Å²) in [6.45, 7) is 7.81. The number of halogens is 1. The number of aryl methyl sites for hydroxylation is 2. The van der Waals surface area contributed by atoms with Crippen molar-refractivity contribution < 1.29 is 4.79 Å². The summed E-state index contributed by atoms with van der Waals surface area (Å²) in [7, 11) is 0. The van der Waals surface area contributed by atoms with E-state index in [4.69, 9.17) is 11.6 Å². The SMILES string of the molecule is Cc1ccc(CNC(=O)N2CCN(c3ccc(Cl)cc3C)CC2)cc1. The number of rotatable bonds is 3. The van der Waals surface area contributed by atoms with Gasteiger partial charge in [0.05, 0.1) is 0 Å². The van der Waals surface area contributed by atoms with Gasteiger partial charge in [-0.1, -0.05) is 41.4 Å². The van der Waals surface area contributed by atoms with Crippen molar-refractivity contribution in [2.24, 2.45) is 0 Å². The quantitative estimate of drug-likeness (QED) is 0.901. The highest BCUT2D eigenvalue weighted by Gasteiger charge is 2.21. The van der Waals surface area contributed by atoms with Crippen LogP contribution in [0.5, 0.6) is 0 Å². The molecule has 25 heavy (non-hydrogen) atoms. The van der Waals surface area contributed by atoms with E-state index in [-0.39, 0.29) is 6.03 Å². The van der Waals surface area contributed by atoms with Crippen LogP contribution in [-0.4, -0.2) is 37.1 Å². The number of nitrogens with one attached hydrogen (secondary N) is 1. The molecule has 1 aliphatic rings. The summed E-state index contributed by atoms with van der Waals surface area (Å²) in [5.74, 6) is 0. The molecule has 4 nitrogen and oxygen atoms in total. The van der Waals surface area contributed by atoms with Gasteiger partial charge in [0.15, 0.2) is 0 Å². The lowest BCUT2D eigenvalue weighted by atomic mass is 10.1. The Bertz CT molecular complexity index is 737. The van der Waals surface area contributed by atoms with E-state index >= 15 is 0 Å². The minimum absolute atomic E-state index is 0.00746. The molecule has 1 aliphatic heterocycles. The summed E-state index contributed by atoms with van der Waals surface area (Å²) in [5.41, 5.74) is 4.71. The van der Waals surface area contributed by atoms with Crippen LogP contribution in [0.2, 0.25) is 5.02 Å². The Labute approximate surface area is 154 Å². The van der Waals surface area contributed by atoms with Crippen LogP contribution in [0, 0.1) is 13.8 Å². The van der Waals surface area contributed by atoms with Gasteiger partial charge in [0.2, 0.25) is 0 Å². The van der Waals surface area contributed by atoms with Crippen LogP contribution < -0.4 is 10.2 Å². The number of carbonyl (C=O) groups is 1.